The van der Waals surface area contributed by atoms with E-state index in [0.717, 1.165) is 15.6 Å². The molecule has 19 heavy (non-hydrogen) atoms. The summed E-state index contributed by atoms with van der Waals surface area (Å²) in [5, 5.41) is 0. The van der Waals surface area contributed by atoms with Crippen LogP contribution in [-0.4, -0.2) is 0 Å². The number of rotatable bonds is 3. The van der Waals surface area contributed by atoms with Crippen LogP contribution in [0.5, 0.6) is 11.5 Å². The minimum atomic E-state index is -0.267. The van der Waals surface area contributed by atoms with Gasteiger partial charge in [0.25, 0.3) is 0 Å². The number of hydrogen-bond donors (Lipinski definition) is 1. The molecule has 0 fully saturated rings. The fourth-order valence-electron chi connectivity index (χ4n) is 1.73. The summed E-state index contributed by atoms with van der Waals surface area (Å²) in [4.78, 5) is 0. The Balaban J connectivity index is 2.28. The van der Waals surface area contributed by atoms with Crippen molar-refractivity contribution in [2.75, 3.05) is 0 Å². The smallest absolute Gasteiger partial charge is 0.141 e. The zero-order valence-electron chi connectivity index (χ0n) is 10.8. The highest BCUT2D eigenvalue weighted by Gasteiger charge is 2.08. The molecule has 0 aromatic heterocycles. The first-order valence-corrected chi connectivity index (χ1v) is 6.75. The van der Waals surface area contributed by atoms with Crippen LogP contribution in [0.4, 0.5) is 4.39 Å². The van der Waals surface area contributed by atoms with Crippen molar-refractivity contribution in [3.05, 3.63) is 57.8 Å². The molecule has 1 atom stereocenters. The fraction of sp³-hybridized carbons (Fsp3) is 0.200. The molecule has 0 unspecified atom stereocenters. The Morgan fingerprint density at radius 2 is 1.84 bits per heavy atom. The SMILES string of the molecule is Cc1cc(F)ccc1Oc1ccc([C@@H](C)N)cc1Br. The molecule has 0 aliphatic carbocycles. The highest BCUT2D eigenvalue weighted by Crippen LogP contribution is 2.33. The zero-order chi connectivity index (χ0) is 14.0. The number of ether oxygens (including phenoxy) is 1. The summed E-state index contributed by atoms with van der Waals surface area (Å²) in [6.07, 6.45) is 0. The molecule has 2 aromatic carbocycles. The summed E-state index contributed by atoms with van der Waals surface area (Å²) in [5.41, 5.74) is 7.60. The summed E-state index contributed by atoms with van der Waals surface area (Å²) < 4.78 is 19.6. The van der Waals surface area contributed by atoms with Gasteiger partial charge >= 0.3 is 0 Å². The molecule has 0 spiro atoms. The van der Waals surface area contributed by atoms with Gasteiger partial charge in [0, 0.05) is 6.04 Å². The Labute approximate surface area is 120 Å². The van der Waals surface area contributed by atoms with Crippen LogP contribution in [0.1, 0.15) is 24.1 Å². The minimum absolute atomic E-state index is 0.0297. The predicted octanol–water partition coefficient (Wildman–Crippen LogP) is 4.71. The average Bonchev–Trinajstić information content (AvgIpc) is 2.34. The first-order valence-electron chi connectivity index (χ1n) is 5.96. The molecule has 0 radical (unpaired) electrons. The number of halogens is 2. The highest BCUT2D eigenvalue weighted by molar-refractivity contribution is 9.10. The lowest BCUT2D eigenvalue weighted by atomic mass is 10.1. The predicted molar refractivity (Wildman–Crippen MR) is 78.0 cm³/mol. The summed E-state index contributed by atoms with van der Waals surface area (Å²) in [6.45, 7) is 3.73. The van der Waals surface area contributed by atoms with Gasteiger partial charge in [0.1, 0.15) is 17.3 Å². The summed E-state index contributed by atoms with van der Waals surface area (Å²) in [6, 6.07) is 10.1. The lowest BCUT2D eigenvalue weighted by Gasteiger charge is -2.12. The molecule has 0 bridgehead atoms. The van der Waals surface area contributed by atoms with Crippen LogP contribution in [0.25, 0.3) is 0 Å². The minimum Gasteiger partial charge on any atom is -0.456 e. The van der Waals surface area contributed by atoms with E-state index in [1.165, 1.54) is 12.1 Å². The third-order valence-electron chi connectivity index (χ3n) is 2.84. The van der Waals surface area contributed by atoms with E-state index in [1.54, 1.807) is 6.07 Å². The van der Waals surface area contributed by atoms with Gasteiger partial charge in [-0.2, -0.15) is 0 Å². The lowest BCUT2D eigenvalue weighted by Crippen LogP contribution is -2.04. The van der Waals surface area contributed by atoms with E-state index < -0.39 is 0 Å². The highest BCUT2D eigenvalue weighted by atomic mass is 79.9. The number of hydrogen-bond acceptors (Lipinski definition) is 2. The van der Waals surface area contributed by atoms with E-state index >= 15 is 0 Å². The van der Waals surface area contributed by atoms with Crippen molar-refractivity contribution < 1.29 is 9.13 Å². The van der Waals surface area contributed by atoms with Crippen LogP contribution in [0.2, 0.25) is 0 Å². The van der Waals surface area contributed by atoms with E-state index in [4.69, 9.17) is 10.5 Å². The van der Waals surface area contributed by atoms with Gasteiger partial charge in [0.2, 0.25) is 0 Å². The largest absolute Gasteiger partial charge is 0.456 e. The van der Waals surface area contributed by atoms with Gasteiger partial charge < -0.3 is 10.5 Å². The Bertz CT molecular complexity index is 599. The Morgan fingerprint density at radius 3 is 2.42 bits per heavy atom. The van der Waals surface area contributed by atoms with Crippen LogP contribution in [0, 0.1) is 12.7 Å². The average molecular weight is 324 g/mol. The summed E-state index contributed by atoms with van der Waals surface area (Å²) >= 11 is 3.46. The Morgan fingerprint density at radius 1 is 1.16 bits per heavy atom. The van der Waals surface area contributed by atoms with Crippen molar-refractivity contribution in [2.24, 2.45) is 5.73 Å². The van der Waals surface area contributed by atoms with Crippen LogP contribution < -0.4 is 10.5 Å². The van der Waals surface area contributed by atoms with E-state index in [-0.39, 0.29) is 11.9 Å². The van der Waals surface area contributed by atoms with E-state index in [1.807, 2.05) is 32.0 Å². The molecule has 100 valence electrons. The monoisotopic (exact) mass is 323 g/mol. The zero-order valence-corrected chi connectivity index (χ0v) is 12.4. The first kappa shape index (κ1) is 14.0. The molecule has 0 amide bonds. The van der Waals surface area contributed by atoms with Crippen LogP contribution in [0.15, 0.2) is 40.9 Å². The standard InChI is InChI=1S/C15H15BrFNO/c1-9-7-12(17)4-6-14(9)19-15-5-3-11(10(2)18)8-13(15)16/h3-8,10H,18H2,1-2H3/t10-/m1/s1. The van der Waals surface area contributed by atoms with Crippen molar-refractivity contribution in [3.63, 3.8) is 0 Å². The Hall–Kier alpha value is -1.39. The normalized spacial score (nSPS) is 12.3. The number of nitrogens with two attached hydrogens (primary N) is 1. The maximum absolute atomic E-state index is 13.0. The maximum Gasteiger partial charge on any atom is 0.141 e. The molecule has 0 heterocycles. The molecular formula is C15H15BrFNO. The van der Waals surface area contributed by atoms with Crippen molar-refractivity contribution in [1.29, 1.82) is 0 Å². The Kier molecular flexibility index (Phi) is 4.22. The molecule has 4 heteroatoms. The molecular weight excluding hydrogens is 309 g/mol. The van der Waals surface area contributed by atoms with Crippen molar-refractivity contribution in [3.8, 4) is 11.5 Å². The number of benzene rings is 2. The van der Waals surface area contributed by atoms with Gasteiger partial charge in [-0.3, -0.25) is 0 Å². The molecule has 0 aliphatic heterocycles. The molecule has 0 saturated heterocycles. The van der Waals surface area contributed by atoms with Gasteiger partial charge in [-0.15, -0.1) is 0 Å². The van der Waals surface area contributed by atoms with E-state index in [9.17, 15) is 4.39 Å². The van der Waals surface area contributed by atoms with E-state index in [0.29, 0.717) is 11.5 Å². The van der Waals surface area contributed by atoms with Gasteiger partial charge in [-0.1, -0.05) is 6.07 Å². The lowest BCUT2D eigenvalue weighted by molar-refractivity contribution is 0.473. The van der Waals surface area contributed by atoms with Crippen molar-refractivity contribution >= 4 is 15.9 Å². The summed E-state index contributed by atoms with van der Waals surface area (Å²) in [7, 11) is 0. The van der Waals surface area contributed by atoms with Crippen LogP contribution in [-0.2, 0) is 0 Å². The fourth-order valence-corrected chi connectivity index (χ4v) is 2.21. The third-order valence-corrected chi connectivity index (χ3v) is 3.46. The first-order chi connectivity index (χ1) is 8.97. The van der Waals surface area contributed by atoms with Gasteiger partial charge in [-0.05, 0) is 71.2 Å². The number of aryl methyl sites for hydroxylation is 1. The van der Waals surface area contributed by atoms with Gasteiger partial charge in [-0.25, -0.2) is 4.39 Å². The molecule has 0 aliphatic rings. The second-order valence-electron chi connectivity index (χ2n) is 4.49. The summed E-state index contributed by atoms with van der Waals surface area (Å²) in [5.74, 6) is 1.05. The van der Waals surface area contributed by atoms with Gasteiger partial charge in [0.15, 0.2) is 0 Å². The maximum atomic E-state index is 13.0. The van der Waals surface area contributed by atoms with E-state index in [2.05, 4.69) is 15.9 Å². The molecule has 2 rings (SSSR count). The topological polar surface area (TPSA) is 35.2 Å². The van der Waals surface area contributed by atoms with Gasteiger partial charge in [0.05, 0.1) is 4.47 Å². The van der Waals surface area contributed by atoms with Crippen molar-refractivity contribution in [1.82, 2.24) is 0 Å². The molecule has 0 saturated carbocycles. The second kappa shape index (κ2) is 5.72. The molecule has 2 N–H and O–H groups in total. The third kappa shape index (κ3) is 3.33. The van der Waals surface area contributed by atoms with Crippen LogP contribution in [0.3, 0.4) is 0 Å². The molecule has 2 aromatic rings. The molecule has 2 nitrogen and oxygen atoms in total. The van der Waals surface area contributed by atoms with Crippen molar-refractivity contribution in [2.45, 2.75) is 19.9 Å². The quantitative estimate of drug-likeness (QED) is 0.887. The second-order valence-corrected chi connectivity index (χ2v) is 5.34. The van der Waals surface area contributed by atoms with Crippen LogP contribution >= 0.6 is 15.9 Å².